The van der Waals surface area contributed by atoms with Crippen LogP contribution in [0.1, 0.15) is 62.8 Å². The smallest absolute Gasteiger partial charge is 0.0457 e. The molecule has 4 atom stereocenters. The first-order valence-electron chi connectivity index (χ1n) is 9.25. The van der Waals surface area contributed by atoms with Gasteiger partial charge in [0, 0.05) is 11.9 Å². The van der Waals surface area contributed by atoms with E-state index in [4.69, 9.17) is 0 Å². The summed E-state index contributed by atoms with van der Waals surface area (Å²) in [6, 6.07) is 10.4. The Morgan fingerprint density at radius 2 is 1.48 bits per heavy atom. The Kier molecular flexibility index (Phi) is 4.00. The fourth-order valence-electron chi connectivity index (χ4n) is 5.59. The highest BCUT2D eigenvalue weighted by Crippen LogP contribution is 2.55. The molecule has 0 saturated heterocycles. The van der Waals surface area contributed by atoms with Crippen molar-refractivity contribution in [2.75, 3.05) is 0 Å². The zero-order chi connectivity index (χ0) is 15.8. The SMILES string of the molecule is O=C([O-])[C@@H]1[C@@H](c2ccccc2)[C@H]2CCCCC2=C2CCCC[C@@H]21. The van der Waals surface area contributed by atoms with E-state index in [0.29, 0.717) is 5.92 Å². The highest BCUT2D eigenvalue weighted by atomic mass is 16.4. The van der Waals surface area contributed by atoms with Crippen molar-refractivity contribution in [1.82, 2.24) is 0 Å². The van der Waals surface area contributed by atoms with Gasteiger partial charge >= 0.3 is 0 Å². The van der Waals surface area contributed by atoms with Gasteiger partial charge in [-0.1, -0.05) is 54.3 Å². The number of benzene rings is 1. The Morgan fingerprint density at radius 3 is 2.13 bits per heavy atom. The van der Waals surface area contributed by atoms with Crippen molar-refractivity contribution in [2.24, 2.45) is 17.8 Å². The maximum Gasteiger partial charge on any atom is 0.0457 e. The number of carbonyl (C=O) groups is 1. The Balaban J connectivity index is 1.85. The van der Waals surface area contributed by atoms with Crippen LogP contribution in [0.25, 0.3) is 0 Å². The molecule has 0 amide bonds. The van der Waals surface area contributed by atoms with Crippen LogP contribution < -0.4 is 5.11 Å². The van der Waals surface area contributed by atoms with Gasteiger partial charge in [0.25, 0.3) is 0 Å². The minimum absolute atomic E-state index is 0.114. The molecule has 1 aromatic rings. The van der Waals surface area contributed by atoms with Crippen molar-refractivity contribution in [3.63, 3.8) is 0 Å². The minimum Gasteiger partial charge on any atom is -0.550 e. The lowest BCUT2D eigenvalue weighted by atomic mass is 9.56. The number of allylic oxidation sites excluding steroid dienone is 2. The molecule has 23 heavy (non-hydrogen) atoms. The number of aliphatic carboxylic acids is 1. The molecule has 0 radical (unpaired) electrons. The third-order valence-corrected chi connectivity index (χ3v) is 6.44. The Bertz CT molecular complexity index is 616. The second-order valence-corrected chi connectivity index (χ2v) is 7.54. The molecule has 3 aliphatic rings. The highest BCUT2D eigenvalue weighted by molar-refractivity contribution is 5.71. The number of hydrogen-bond acceptors (Lipinski definition) is 2. The van der Waals surface area contributed by atoms with E-state index in [1.165, 1.54) is 36.8 Å². The summed E-state index contributed by atoms with van der Waals surface area (Å²) < 4.78 is 0. The monoisotopic (exact) mass is 309 g/mol. The summed E-state index contributed by atoms with van der Waals surface area (Å²) in [7, 11) is 0. The molecule has 2 saturated carbocycles. The van der Waals surface area contributed by atoms with Crippen LogP contribution in [0.2, 0.25) is 0 Å². The van der Waals surface area contributed by atoms with Crippen LogP contribution in [-0.4, -0.2) is 5.97 Å². The maximum absolute atomic E-state index is 12.1. The van der Waals surface area contributed by atoms with E-state index in [-0.39, 0.29) is 17.8 Å². The normalized spacial score (nSPS) is 33.7. The van der Waals surface area contributed by atoms with Gasteiger partial charge in [0.2, 0.25) is 0 Å². The first kappa shape index (κ1) is 15.0. The summed E-state index contributed by atoms with van der Waals surface area (Å²) in [5.74, 6) is -0.391. The molecule has 0 aromatic heterocycles. The third-order valence-electron chi connectivity index (χ3n) is 6.44. The van der Waals surface area contributed by atoms with E-state index >= 15 is 0 Å². The van der Waals surface area contributed by atoms with Crippen LogP contribution in [0.15, 0.2) is 41.5 Å². The molecular weight excluding hydrogens is 284 g/mol. The van der Waals surface area contributed by atoms with Gasteiger partial charge in [-0.25, -0.2) is 0 Å². The molecule has 2 nitrogen and oxygen atoms in total. The van der Waals surface area contributed by atoms with Gasteiger partial charge in [-0.15, -0.1) is 0 Å². The van der Waals surface area contributed by atoms with E-state index in [1.54, 1.807) is 5.57 Å². The molecule has 2 fully saturated rings. The lowest BCUT2D eigenvalue weighted by Gasteiger charge is -2.50. The van der Waals surface area contributed by atoms with E-state index in [0.717, 1.165) is 25.7 Å². The van der Waals surface area contributed by atoms with Gasteiger partial charge < -0.3 is 9.90 Å². The van der Waals surface area contributed by atoms with Crippen LogP contribution in [0.3, 0.4) is 0 Å². The van der Waals surface area contributed by atoms with Crippen molar-refractivity contribution in [3.8, 4) is 0 Å². The predicted octanol–water partition coefficient (Wildman–Crippen LogP) is 3.83. The molecule has 0 N–H and O–H groups in total. The molecule has 122 valence electrons. The number of carbonyl (C=O) groups excluding carboxylic acids is 1. The summed E-state index contributed by atoms with van der Waals surface area (Å²) in [4.78, 5) is 12.1. The van der Waals surface area contributed by atoms with Crippen LogP contribution >= 0.6 is 0 Å². The predicted molar refractivity (Wildman–Crippen MR) is 88.6 cm³/mol. The minimum atomic E-state index is -0.826. The van der Waals surface area contributed by atoms with Gasteiger partial charge in [0.15, 0.2) is 0 Å². The van der Waals surface area contributed by atoms with E-state index in [9.17, 15) is 9.90 Å². The van der Waals surface area contributed by atoms with Gasteiger partial charge in [-0.3, -0.25) is 0 Å². The van der Waals surface area contributed by atoms with Gasteiger partial charge in [0.1, 0.15) is 0 Å². The quantitative estimate of drug-likeness (QED) is 0.779. The van der Waals surface area contributed by atoms with Crippen molar-refractivity contribution >= 4 is 5.97 Å². The number of carboxylic acid groups (broad SMARTS) is 1. The topological polar surface area (TPSA) is 40.1 Å². The molecule has 2 heteroatoms. The van der Waals surface area contributed by atoms with Crippen molar-refractivity contribution < 1.29 is 9.90 Å². The number of hydrogen-bond donors (Lipinski definition) is 0. The fourth-order valence-corrected chi connectivity index (χ4v) is 5.59. The lowest BCUT2D eigenvalue weighted by Crippen LogP contribution is -2.47. The van der Waals surface area contributed by atoms with Crippen molar-refractivity contribution in [3.05, 3.63) is 47.0 Å². The number of fused-ring (bicyclic) bond motifs is 2. The van der Waals surface area contributed by atoms with Gasteiger partial charge in [-0.05, 0) is 61.8 Å². The Labute approximate surface area is 138 Å². The average Bonchev–Trinajstić information content (AvgIpc) is 2.61. The number of rotatable bonds is 2. The Morgan fingerprint density at radius 1 is 0.870 bits per heavy atom. The van der Waals surface area contributed by atoms with Crippen molar-refractivity contribution in [1.29, 1.82) is 0 Å². The number of carboxylic acids is 1. The first-order chi connectivity index (χ1) is 11.3. The Hall–Kier alpha value is -1.57. The summed E-state index contributed by atoms with van der Waals surface area (Å²) in [6.07, 6.45) is 9.41. The average molecular weight is 309 g/mol. The standard InChI is InChI=1S/C21H26O2/c22-21(23)20-18-13-7-5-11-16(18)15-10-4-6-12-17(15)19(20)14-8-2-1-3-9-14/h1-3,8-9,17-20H,4-7,10-13H2,(H,22,23)/p-1/t17-,18-,19-,20-/m0/s1. The van der Waals surface area contributed by atoms with Gasteiger partial charge in [0.05, 0.1) is 0 Å². The molecular formula is C21H25O2-. The molecule has 0 unspecified atom stereocenters. The summed E-state index contributed by atoms with van der Waals surface area (Å²) in [5.41, 5.74) is 4.35. The summed E-state index contributed by atoms with van der Waals surface area (Å²) in [5, 5.41) is 12.1. The lowest BCUT2D eigenvalue weighted by molar-refractivity contribution is -0.314. The summed E-state index contributed by atoms with van der Waals surface area (Å²) >= 11 is 0. The van der Waals surface area contributed by atoms with Crippen LogP contribution in [0.4, 0.5) is 0 Å². The second kappa shape index (κ2) is 6.14. The molecule has 0 bridgehead atoms. The second-order valence-electron chi connectivity index (χ2n) is 7.54. The van der Waals surface area contributed by atoms with E-state index < -0.39 is 5.97 Å². The fraction of sp³-hybridized carbons (Fsp3) is 0.571. The van der Waals surface area contributed by atoms with Crippen molar-refractivity contribution in [2.45, 2.75) is 57.3 Å². The van der Waals surface area contributed by atoms with E-state index in [1.807, 2.05) is 18.2 Å². The highest BCUT2D eigenvalue weighted by Gasteiger charge is 2.45. The van der Waals surface area contributed by atoms with E-state index in [2.05, 4.69) is 12.1 Å². The molecule has 4 rings (SSSR count). The third kappa shape index (κ3) is 2.52. The molecule has 0 spiro atoms. The largest absolute Gasteiger partial charge is 0.550 e. The van der Waals surface area contributed by atoms with Crippen LogP contribution in [0, 0.1) is 17.8 Å². The maximum atomic E-state index is 12.1. The zero-order valence-corrected chi connectivity index (χ0v) is 13.7. The zero-order valence-electron chi connectivity index (χ0n) is 13.7. The van der Waals surface area contributed by atoms with Crippen LogP contribution in [-0.2, 0) is 4.79 Å². The molecule has 1 aromatic carbocycles. The van der Waals surface area contributed by atoms with Crippen LogP contribution in [0.5, 0.6) is 0 Å². The molecule has 0 heterocycles. The van der Waals surface area contributed by atoms with Gasteiger partial charge in [-0.2, -0.15) is 0 Å². The first-order valence-corrected chi connectivity index (χ1v) is 9.25. The molecule has 0 aliphatic heterocycles. The molecule has 3 aliphatic carbocycles. The summed E-state index contributed by atoms with van der Waals surface area (Å²) in [6.45, 7) is 0.